The molecular formula is C20H17N3O3. The molecule has 130 valence electrons. The first kappa shape index (κ1) is 17.4. The van der Waals surface area contributed by atoms with Crippen molar-refractivity contribution in [3.8, 4) is 6.07 Å². The maximum absolute atomic E-state index is 13.1. The van der Waals surface area contributed by atoms with Gasteiger partial charge in [-0.1, -0.05) is 30.3 Å². The summed E-state index contributed by atoms with van der Waals surface area (Å²) in [6, 6.07) is 17.3. The van der Waals surface area contributed by atoms with Crippen molar-refractivity contribution >= 4 is 23.1 Å². The molecule has 2 aromatic rings. The minimum absolute atomic E-state index is 0.138. The Morgan fingerprint density at radius 2 is 1.69 bits per heavy atom. The number of nitrogens with zero attached hydrogens (tertiary/aromatic N) is 3. The van der Waals surface area contributed by atoms with Crippen molar-refractivity contribution in [2.45, 2.75) is 0 Å². The van der Waals surface area contributed by atoms with E-state index >= 15 is 0 Å². The lowest BCUT2D eigenvalue weighted by molar-refractivity contribution is -0.120. The Morgan fingerprint density at radius 1 is 1.04 bits per heavy atom. The average Bonchev–Trinajstić information content (AvgIpc) is 2.93. The summed E-state index contributed by atoms with van der Waals surface area (Å²) in [6.07, 6.45) is 0. The van der Waals surface area contributed by atoms with E-state index in [1.165, 1.54) is 0 Å². The molecule has 1 aliphatic heterocycles. The van der Waals surface area contributed by atoms with E-state index in [1.807, 2.05) is 12.1 Å². The number of amides is 2. The van der Waals surface area contributed by atoms with E-state index in [1.54, 1.807) is 60.5 Å². The van der Waals surface area contributed by atoms with Crippen LogP contribution in [0.4, 0.5) is 5.69 Å². The van der Waals surface area contributed by atoms with Crippen molar-refractivity contribution in [1.82, 2.24) is 4.90 Å². The third-order valence-corrected chi connectivity index (χ3v) is 4.19. The molecule has 0 saturated heterocycles. The summed E-state index contributed by atoms with van der Waals surface area (Å²) in [6.45, 7) is 0.0896. The van der Waals surface area contributed by atoms with Crippen LogP contribution in [0.3, 0.4) is 0 Å². The molecule has 0 bridgehead atoms. The molecule has 0 spiro atoms. The van der Waals surface area contributed by atoms with Crippen molar-refractivity contribution in [3.63, 3.8) is 0 Å². The number of hydrogen-bond acceptors (Lipinski definition) is 5. The summed E-state index contributed by atoms with van der Waals surface area (Å²) in [5.41, 5.74) is 2.04. The maximum atomic E-state index is 13.1. The minimum atomic E-state index is -0.450. The van der Waals surface area contributed by atoms with Gasteiger partial charge in [-0.15, -0.1) is 0 Å². The number of likely N-dealkylation sites (N-methyl/N-ethyl adjacent to an activating group) is 1. The number of benzene rings is 2. The van der Waals surface area contributed by atoms with E-state index < -0.39 is 11.8 Å². The summed E-state index contributed by atoms with van der Waals surface area (Å²) >= 11 is 0. The van der Waals surface area contributed by atoms with Gasteiger partial charge in [-0.3, -0.25) is 9.59 Å². The highest BCUT2D eigenvalue weighted by Gasteiger charge is 2.41. The molecule has 0 aliphatic carbocycles. The third kappa shape index (κ3) is 2.96. The molecule has 6 nitrogen and oxygen atoms in total. The normalized spacial score (nSPS) is 14.0. The van der Waals surface area contributed by atoms with Crippen LogP contribution in [-0.2, 0) is 9.59 Å². The number of nitriles is 1. The first-order valence-electron chi connectivity index (χ1n) is 8.09. The molecule has 0 saturated carbocycles. The van der Waals surface area contributed by atoms with Gasteiger partial charge in [0.15, 0.2) is 0 Å². The summed E-state index contributed by atoms with van der Waals surface area (Å²) in [4.78, 5) is 28.8. The minimum Gasteiger partial charge on any atom is -0.395 e. The number of imide groups is 1. The zero-order chi connectivity index (χ0) is 18.7. The molecule has 2 amide bonds. The summed E-state index contributed by atoms with van der Waals surface area (Å²) < 4.78 is 0. The molecular weight excluding hydrogens is 330 g/mol. The molecule has 0 unspecified atom stereocenters. The van der Waals surface area contributed by atoms with Gasteiger partial charge in [0.2, 0.25) is 0 Å². The van der Waals surface area contributed by atoms with Crippen LogP contribution in [0.25, 0.3) is 5.57 Å². The topological polar surface area (TPSA) is 84.6 Å². The Kier molecular flexibility index (Phi) is 4.83. The molecule has 0 fully saturated rings. The van der Waals surface area contributed by atoms with Crippen molar-refractivity contribution < 1.29 is 14.7 Å². The van der Waals surface area contributed by atoms with Crippen LogP contribution < -0.4 is 4.90 Å². The fraction of sp³-hybridized carbons (Fsp3) is 0.150. The van der Waals surface area contributed by atoms with Gasteiger partial charge in [0.25, 0.3) is 11.8 Å². The number of aliphatic hydroxyl groups excluding tert-OH is 1. The predicted molar refractivity (Wildman–Crippen MR) is 96.7 cm³/mol. The van der Waals surface area contributed by atoms with E-state index in [0.717, 1.165) is 4.90 Å². The van der Waals surface area contributed by atoms with Crippen molar-refractivity contribution in [2.75, 3.05) is 25.1 Å². The molecule has 1 aliphatic rings. The van der Waals surface area contributed by atoms with Crippen LogP contribution in [0.1, 0.15) is 11.1 Å². The lowest BCUT2D eigenvalue weighted by atomic mass is 10.0. The van der Waals surface area contributed by atoms with Crippen LogP contribution in [0.5, 0.6) is 0 Å². The van der Waals surface area contributed by atoms with E-state index in [9.17, 15) is 14.7 Å². The van der Waals surface area contributed by atoms with Crippen LogP contribution in [0, 0.1) is 11.3 Å². The maximum Gasteiger partial charge on any atom is 0.282 e. The van der Waals surface area contributed by atoms with Gasteiger partial charge >= 0.3 is 0 Å². The molecule has 6 heteroatoms. The van der Waals surface area contributed by atoms with Gasteiger partial charge in [-0.2, -0.15) is 5.26 Å². The third-order valence-electron chi connectivity index (χ3n) is 4.19. The Labute approximate surface area is 151 Å². The Balaban J connectivity index is 2.09. The van der Waals surface area contributed by atoms with Gasteiger partial charge < -0.3 is 10.0 Å². The van der Waals surface area contributed by atoms with Gasteiger partial charge in [0.1, 0.15) is 5.70 Å². The first-order chi connectivity index (χ1) is 12.6. The van der Waals surface area contributed by atoms with E-state index in [-0.39, 0.29) is 18.8 Å². The molecule has 0 atom stereocenters. The van der Waals surface area contributed by atoms with Crippen molar-refractivity contribution in [2.24, 2.45) is 0 Å². The average molecular weight is 347 g/mol. The highest BCUT2D eigenvalue weighted by atomic mass is 16.3. The second kappa shape index (κ2) is 7.21. The fourth-order valence-electron chi connectivity index (χ4n) is 2.92. The van der Waals surface area contributed by atoms with E-state index in [0.29, 0.717) is 22.4 Å². The zero-order valence-electron chi connectivity index (χ0n) is 14.2. The zero-order valence-corrected chi connectivity index (χ0v) is 14.2. The van der Waals surface area contributed by atoms with Crippen molar-refractivity contribution in [3.05, 3.63) is 71.4 Å². The highest BCUT2D eigenvalue weighted by molar-refractivity contribution is 6.45. The van der Waals surface area contributed by atoms with Gasteiger partial charge in [0, 0.05) is 13.6 Å². The lowest BCUT2D eigenvalue weighted by Crippen LogP contribution is -2.34. The van der Waals surface area contributed by atoms with Crippen molar-refractivity contribution in [1.29, 1.82) is 5.26 Å². The standard InChI is InChI=1S/C20H17N3O3/c1-22(11-12-24)18-17(15-5-3-2-4-6-15)19(25)23(20(18)26)16-9-7-14(13-21)8-10-16/h2-10,24H,11-12H2,1H3. The highest BCUT2D eigenvalue weighted by Crippen LogP contribution is 2.34. The number of rotatable bonds is 5. The monoisotopic (exact) mass is 347 g/mol. The second-order valence-corrected chi connectivity index (χ2v) is 5.84. The smallest absolute Gasteiger partial charge is 0.282 e. The molecule has 1 N–H and O–H groups in total. The number of anilines is 1. The fourth-order valence-corrected chi connectivity index (χ4v) is 2.92. The summed E-state index contributed by atoms with van der Waals surface area (Å²) in [5.74, 6) is -0.875. The molecule has 0 radical (unpaired) electrons. The predicted octanol–water partition coefficient (Wildman–Crippen LogP) is 1.77. The van der Waals surface area contributed by atoms with Gasteiger partial charge in [-0.25, -0.2) is 4.90 Å². The number of hydrogen-bond donors (Lipinski definition) is 1. The number of carbonyl (C=O) groups excluding carboxylic acids is 2. The van der Waals surface area contributed by atoms with E-state index in [2.05, 4.69) is 0 Å². The molecule has 2 aromatic carbocycles. The van der Waals surface area contributed by atoms with Crippen LogP contribution in [-0.4, -0.2) is 42.0 Å². The van der Waals surface area contributed by atoms with Gasteiger partial charge in [0.05, 0.1) is 29.5 Å². The van der Waals surface area contributed by atoms with Crippen LogP contribution in [0.2, 0.25) is 0 Å². The molecule has 1 heterocycles. The Hall–Kier alpha value is -3.43. The number of carbonyl (C=O) groups is 2. The number of aliphatic hydroxyl groups is 1. The molecule has 26 heavy (non-hydrogen) atoms. The van der Waals surface area contributed by atoms with E-state index in [4.69, 9.17) is 5.26 Å². The van der Waals surface area contributed by atoms with Crippen LogP contribution >= 0.6 is 0 Å². The van der Waals surface area contributed by atoms with Gasteiger partial charge in [-0.05, 0) is 29.8 Å². The van der Waals surface area contributed by atoms with Crippen LogP contribution in [0.15, 0.2) is 60.3 Å². The largest absolute Gasteiger partial charge is 0.395 e. The SMILES string of the molecule is CN(CCO)C1=C(c2ccccc2)C(=O)N(c2ccc(C#N)cc2)C1=O. The quantitative estimate of drug-likeness (QED) is 0.833. The summed E-state index contributed by atoms with van der Waals surface area (Å²) in [7, 11) is 1.67. The Morgan fingerprint density at radius 3 is 2.27 bits per heavy atom. The first-order valence-corrected chi connectivity index (χ1v) is 8.09. The molecule has 3 rings (SSSR count). The second-order valence-electron chi connectivity index (χ2n) is 5.84. The lowest BCUT2D eigenvalue weighted by Gasteiger charge is -2.20. The Bertz CT molecular complexity index is 912. The summed E-state index contributed by atoms with van der Waals surface area (Å²) in [5, 5.41) is 18.2. The molecule has 0 aromatic heterocycles.